The average molecular weight is 857 g/mol. The molecular weight excluding hydrogens is 796 g/mol. The number of aromatic hydroxyl groups is 1. The summed E-state index contributed by atoms with van der Waals surface area (Å²) in [5, 5.41) is 85.7. The van der Waals surface area contributed by atoms with Gasteiger partial charge in [0, 0.05) is 6.42 Å². The van der Waals surface area contributed by atoms with Crippen LogP contribution in [0.2, 0.25) is 0 Å². The first-order valence-electron chi connectivity index (χ1n) is 19.2. The van der Waals surface area contributed by atoms with Gasteiger partial charge >= 0.3 is 5.97 Å². The van der Waals surface area contributed by atoms with Gasteiger partial charge < -0.3 is 78.7 Å². The molecule has 0 saturated carbocycles. The molecule has 60 heavy (non-hydrogen) atoms. The van der Waals surface area contributed by atoms with Gasteiger partial charge in [-0.15, -0.1) is 0 Å². The second-order valence-corrected chi connectivity index (χ2v) is 14.4. The minimum atomic E-state index is -1.88. The number of carboxylic acids is 1. The third kappa shape index (κ3) is 17.0. The van der Waals surface area contributed by atoms with Crippen LogP contribution in [0.5, 0.6) is 5.75 Å². The van der Waals surface area contributed by atoms with Crippen LogP contribution < -0.4 is 43.0 Å². The van der Waals surface area contributed by atoms with Crippen LogP contribution in [-0.4, -0.2) is 162 Å². The van der Waals surface area contributed by atoms with E-state index in [9.17, 15) is 74.1 Å². The Morgan fingerprint density at radius 1 is 0.550 bits per heavy atom. The van der Waals surface area contributed by atoms with Gasteiger partial charge in [0.05, 0.1) is 37.1 Å². The molecule has 0 aliphatic carbocycles. The van der Waals surface area contributed by atoms with E-state index in [1.807, 2.05) is 0 Å². The Kier molecular flexibility index (Phi) is 22.1. The molecule has 23 nitrogen and oxygen atoms in total. The predicted octanol–water partition coefficient (Wildman–Crippen LogP) is -5.53. The number of aliphatic carboxylic acids is 1. The van der Waals surface area contributed by atoms with Crippen molar-refractivity contribution in [2.24, 2.45) is 5.73 Å². The smallest absolute Gasteiger partial charge is 0.328 e. The lowest BCUT2D eigenvalue weighted by atomic mass is 10.0. The fourth-order valence-electron chi connectivity index (χ4n) is 5.38. The zero-order chi connectivity index (χ0) is 46.0. The maximum Gasteiger partial charge on any atom is 0.328 e. The van der Waals surface area contributed by atoms with Crippen LogP contribution in [0.4, 0.5) is 0 Å². The van der Waals surface area contributed by atoms with Gasteiger partial charge in [0.15, 0.2) is 6.04 Å². The molecule has 1 aromatic carbocycles. The molecule has 23 heteroatoms. The summed E-state index contributed by atoms with van der Waals surface area (Å²) in [6.07, 6.45) is -5.93. The van der Waals surface area contributed by atoms with Crippen molar-refractivity contribution < 1.29 is 74.1 Å². The van der Waals surface area contributed by atoms with Crippen molar-refractivity contribution in [3.63, 3.8) is 0 Å². The lowest BCUT2D eigenvalue weighted by Gasteiger charge is -2.30. The highest BCUT2D eigenvalue weighted by Crippen LogP contribution is 2.13. The molecule has 0 saturated heterocycles. The molecule has 0 unspecified atom stereocenters. The number of benzene rings is 1. The standard InChI is InChI=1S/C37H60N8O15/c1-7-8-9-23(31(53)40-24(14-21-10-12-22(51)13-11-21)32(54)45-29(20(6)50)37(59)60)39-34(56)26(17(3)47)43-36(58)28(19(5)49)44-35(57)27(18(4)48)42-33(55)25(15-46)41-30(52)16(2)38/h10-13,16-20,23-29,46-51H,7-9,14-15,38H2,1-6H3,(H,39,56)(H,40,53)(H,41,52)(H,42,55)(H,43,58)(H,44,57)(H,45,54)(H,59,60)/t16-,17+,18+,19+,20+,23-,24-,25-,26-,27-,28-,29-/m0/s1. The van der Waals surface area contributed by atoms with Crippen LogP contribution in [-0.2, 0) is 44.8 Å². The second-order valence-electron chi connectivity index (χ2n) is 14.4. The summed E-state index contributed by atoms with van der Waals surface area (Å²) in [4.78, 5) is 104. The number of phenols is 1. The van der Waals surface area contributed by atoms with E-state index in [0.29, 0.717) is 18.4 Å². The molecule has 0 radical (unpaired) electrons. The van der Waals surface area contributed by atoms with Crippen LogP contribution in [0.1, 0.15) is 66.4 Å². The number of phenolic OH excluding ortho intramolecular Hbond substituents is 1. The topological polar surface area (TPSA) is 388 Å². The fraction of sp³-hybridized carbons (Fsp3) is 0.622. The Morgan fingerprint density at radius 3 is 1.32 bits per heavy atom. The van der Waals surface area contributed by atoms with Crippen LogP contribution in [0, 0.1) is 0 Å². The van der Waals surface area contributed by atoms with Crippen molar-refractivity contribution in [3.05, 3.63) is 29.8 Å². The Balaban J connectivity index is 3.31. The molecule has 338 valence electrons. The van der Waals surface area contributed by atoms with Crippen molar-refractivity contribution in [2.75, 3.05) is 6.61 Å². The van der Waals surface area contributed by atoms with Gasteiger partial charge in [0.25, 0.3) is 0 Å². The van der Waals surface area contributed by atoms with E-state index >= 15 is 0 Å². The first-order chi connectivity index (χ1) is 27.9. The maximum absolute atomic E-state index is 13.7. The van der Waals surface area contributed by atoms with Gasteiger partial charge in [0.2, 0.25) is 41.4 Å². The number of nitrogens with two attached hydrogens (primary N) is 1. The van der Waals surface area contributed by atoms with Crippen molar-refractivity contribution in [3.8, 4) is 5.75 Å². The molecule has 1 rings (SSSR count). The van der Waals surface area contributed by atoms with Crippen molar-refractivity contribution >= 4 is 47.3 Å². The quantitative estimate of drug-likeness (QED) is 0.0436. The predicted molar refractivity (Wildman–Crippen MR) is 210 cm³/mol. The van der Waals surface area contributed by atoms with E-state index in [-0.39, 0.29) is 18.6 Å². The number of carboxylic acid groups (broad SMARTS) is 1. The first kappa shape index (κ1) is 52.6. The van der Waals surface area contributed by atoms with Crippen molar-refractivity contribution in [2.45, 2.75) is 140 Å². The first-order valence-corrected chi connectivity index (χ1v) is 19.2. The Hall–Kier alpha value is -5.46. The number of rotatable bonds is 25. The van der Waals surface area contributed by atoms with E-state index in [1.54, 1.807) is 6.92 Å². The average Bonchev–Trinajstić information content (AvgIpc) is 3.16. The minimum Gasteiger partial charge on any atom is -0.508 e. The van der Waals surface area contributed by atoms with E-state index in [4.69, 9.17) is 5.73 Å². The summed E-state index contributed by atoms with van der Waals surface area (Å²) in [5.74, 6) is -9.12. The molecule has 0 bridgehead atoms. The maximum atomic E-state index is 13.7. The number of carbonyl (C=O) groups excluding carboxylic acids is 7. The highest BCUT2D eigenvalue weighted by atomic mass is 16.4. The van der Waals surface area contributed by atoms with E-state index in [0.717, 1.165) is 27.7 Å². The Labute approximate surface area is 346 Å². The molecule has 0 heterocycles. The second kappa shape index (κ2) is 25.2. The number of carbonyl (C=O) groups is 8. The highest BCUT2D eigenvalue weighted by Gasteiger charge is 2.38. The Morgan fingerprint density at radius 2 is 0.917 bits per heavy atom. The van der Waals surface area contributed by atoms with Gasteiger partial charge in [-0.1, -0.05) is 31.9 Å². The molecule has 0 aromatic heterocycles. The largest absolute Gasteiger partial charge is 0.508 e. The number of nitrogens with one attached hydrogen (secondary N) is 7. The summed E-state index contributed by atoms with van der Waals surface area (Å²) in [5.41, 5.74) is 5.89. The van der Waals surface area contributed by atoms with Gasteiger partial charge in [-0.3, -0.25) is 33.6 Å². The van der Waals surface area contributed by atoms with Gasteiger partial charge in [-0.05, 0) is 58.7 Å². The number of unbranched alkanes of at least 4 members (excludes halogenated alkanes) is 1. The van der Waals surface area contributed by atoms with Crippen LogP contribution in [0.15, 0.2) is 24.3 Å². The molecule has 1 aromatic rings. The number of hydrogen-bond donors (Lipinski definition) is 15. The molecule has 12 atom stereocenters. The molecular formula is C37H60N8O15. The minimum absolute atomic E-state index is 0.0294. The molecule has 0 spiro atoms. The van der Waals surface area contributed by atoms with Gasteiger partial charge in [0.1, 0.15) is 42.0 Å². The van der Waals surface area contributed by atoms with E-state index < -0.39 is 127 Å². The Bertz CT molecular complexity index is 1620. The van der Waals surface area contributed by atoms with Gasteiger partial charge in [-0.25, -0.2) is 4.79 Å². The third-order valence-corrected chi connectivity index (χ3v) is 8.95. The summed E-state index contributed by atoms with van der Waals surface area (Å²) in [6, 6.07) is -7.33. The third-order valence-electron chi connectivity index (χ3n) is 8.95. The lowest BCUT2D eigenvalue weighted by molar-refractivity contribution is -0.145. The summed E-state index contributed by atoms with van der Waals surface area (Å²) in [7, 11) is 0. The molecule has 16 N–H and O–H groups in total. The SMILES string of the molecule is CCCC[C@H](NC(=O)[C@@H](NC(=O)[C@@H](NC(=O)[C@@H](NC(=O)[C@H](CO)NC(=O)[C@H](C)N)[C@@H](C)O)[C@@H](C)O)[C@@H](C)O)C(=O)N[C@@H](Cc1ccc(O)cc1)C(=O)N[C@H](C(=O)O)[C@@H](C)O. The zero-order valence-electron chi connectivity index (χ0n) is 34.2. The van der Waals surface area contributed by atoms with E-state index in [1.165, 1.54) is 31.2 Å². The van der Waals surface area contributed by atoms with E-state index in [2.05, 4.69) is 37.2 Å². The van der Waals surface area contributed by atoms with Crippen molar-refractivity contribution in [1.82, 2.24) is 37.2 Å². The molecule has 0 aliphatic rings. The zero-order valence-corrected chi connectivity index (χ0v) is 34.2. The fourth-order valence-corrected chi connectivity index (χ4v) is 5.38. The highest BCUT2D eigenvalue weighted by molar-refractivity contribution is 5.98. The molecule has 0 aliphatic heterocycles. The summed E-state index contributed by atoms with van der Waals surface area (Å²) in [6.45, 7) is 6.59. The normalized spacial score (nSPS) is 17.2. The van der Waals surface area contributed by atoms with Crippen LogP contribution in [0.3, 0.4) is 0 Å². The van der Waals surface area contributed by atoms with Crippen molar-refractivity contribution in [1.29, 1.82) is 0 Å². The molecule has 0 fully saturated rings. The number of aliphatic hydroxyl groups excluding tert-OH is 5. The summed E-state index contributed by atoms with van der Waals surface area (Å²) < 4.78 is 0. The van der Waals surface area contributed by atoms with Crippen LogP contribution in [0.25, 0.3) is 0 Å². The van der Waals surface area contributed by atoms with Gasteiger partial charge in [-0.2, -0.15) is 0 Å². The number of aliphatic hydroxyl groups is 5. The monoisotopic (exact) mass is 856 g/mol. The summed E-state index contributed by atoms with van der Waals surface area (Å²) >= 11 is 0. The van der Waals surface area contributed by atoms with Crippen LogP contribution >= 0.6 is 0 Å². The molecule has 7 amide bonds. The lowest BCUT2D eigenvalue weighted by Crippen LogP contribution is -2.64. The number of amides is 7. The number of hydrogen-bond acceptors (Lipinski definition) is 15.